The van der Waals surface area contributed by atoms with Gasteiger partial charge < -0.3 is 24.3 Å². The van der Waals surface area contributed by atoms with Gasteiger partial charge in [0.15, 0.2) is 11.5 Å². The van der Waals surface area contributed by atoms with Crippen LogP contribution in [0.2, 0.25) is 0 Å². The maximum absolute atomic E-state index is 12.8. The number of amides is 1. The van der Waals surface area contributed by atoms with Crippen molar-refractivity contribution in [2.75, 3.05) is 26.6 Å². The molecule has 0 unspecified atom stereocenters. The average Bonchev–Trinajstić information content (AvgIpc) is 2.84. The minimum absolute atomic E-state index is 0.135. The third kappa shape index (κ3) is 5.58. The second-order valence-electron chi connectivity index (χ2n) is 8.26. The Balaban J connectivity index is 1.69. The predicted molar refractivity (Wildman–Crippen MR) is 130 cm³/mol. The van der Waals surface area contributed by atoms with Gasteiger partial charge in [0.25, 0.3) is 5.91 Å². The van der Waals surface area contributed by atoms with Gasteiger partial charge in [-0.05, 0) is 65.9 Å². The maximum Gasteiger partial charge on any atom is 0.255 e. The van der Waals surface area contributed by atoms with Crippen molar-refractivity contribution in [1.82, 2.24) is 0 Å². The molecule has 0 aliphatic rings. The van der Waals surface area contributed by atoms with E-state index in [1.807, 2.05) is 24.3 Å². The quantitative estimate of drug-likeness (QED) is 0.407. The van der Waals surface area contributed by atoms with Crippen LogP contribution in [0.5, 0.6) is 28.7 Å². The van der Waals surface area contributed by atoms with Gasteiger partial charge in [0, 0.05) is 11.3 Å². The number of nitrogens with one attached hydrogen (secondary N) is 1. The number of hydrogen-bond acceptors (Lipinski definition) is 5. The molecule has 0 aliphatic heterocycles. The lowest BCUT2D eigenvalue weighted by Crippen LogP contribution is -2.14. The SMILES string of the molecule is CCC(C)(C)c1ccc(Oc2ccc(NC(=O)c3cc(OC)c(OC)c(OC)c3)cc2)cc1. The first-order chi connectivity index (χ1) is 15.8. The van der Waals surface area contributed by atoms with Crippen LogP contribution in [0.25, 0.3) is 0 Å². The number of rotatable bonds is 9. The van der Waals surface area contributed by atoms with Gasteiger partial charge in [0.1, 0.15) is 11.5 Å². The van der Waals surface area contributed by atoms with Gasteiger partial charge in [0.2, 0.25) is 5.75 Å². The highest BCUT2D eigenvalue weighted by molar-refractivity contribution is 6.05. The molecule has 0 aliphatic carbocycles. The zero-order valence-corrected chi connectivity index (χ0v) is 20.0. The first-order valence-electron chi connectivity index (χ1n) is 10.8. The van der Waals surface area contributed by atoms with Crippen LogP contribution in [0.1, 0.15) is 43.1 Å². The molecule has 0 atom stereocenters. The summed E-state index contributed by atoms with van der Waals surface area (Å²) in [6.07, 6.45) is 1.07. The molecule has 3 aromatic carbocycles. The minimum Gasteiger partial charge on any atom is -0.493 e. The van der Waals surface area contributed by atoms with Crippen LogP contribution in [-0.4, -0.2) is 27.2 Å². The van der Waals surface area contributed by atoms with Gasteiger partial charge in [-0.15, -0.1) is 0 Å². The van der Waals surface area contributed by atoms with Crippen LogP contribution in [0.3, 0.4) is 0 Å². The summed E-state index contributed by atoms with van der Waals surface area (Å²) in [7, 11) is 4.54. The van der Waals surface area contributed by atoms with E-state index in [4.69, 9.17) is 18.9 Å². The Hall–Kier alpha value is -3.67. The van der Waals surface area contributed by atoms with E-state index < -0.39 is 0 Å². The van der Waals surface area contributed by atoms with Crippen molar-refractivity contribution >= 4 is 11.6 Å². The number of carbonyl (C=O) groups excluding carboxylic acids is 1. The number of anilines is 1. The summed E-state index contributed by atoms with van der Waals surface area (Å²) in [5.41, 5.74) is 2.44. The van der Waals surface area contributed by atoms with E-state index in [1.165, 1.54) is 26.9 Å². The summed E-state index contributed by atoms with van der Waals surface area (Å²) in [5.74, 6) is 2.42. The standard InChI is InChI=1S/C27H31NO5/c1-7-27(2,3)19-8-12-21(13-9-19)33-22-14-10-20(11-15-22)28-26(29)18-16-23(30-4)25(32-6)24(17-18)31-5/h8-17H,7H2,1-6H3,(H,28,29). The molecule has 33 heavy (non-hydrogen) atoms. The molecule has 1 N–H and O–H groups in total. The van der Waals surface area contributed by atoms with Crippen LogP contribution in [-0.2, 0) is 5.41 Å². The molecule has 0 radical (unpaired) electrons. The first-order valence-corrected chi connectivity index (χ1v) is 10.8. The predicted octanol–water partition coefficient (Wildman–Crippen LogP) is 6.44. The minimum atomic E-state index is -0.294. The number of ether oxygens (including phenoxy) is 4. The molecule has 6 heteroatoms. The lowest BCUT2D eigenvalue weighted by atomic mass is 9.82. The molecule has 6 nitrogen and oxygen atoms in total. The van der Waals surface area contributed by atoms with E-state index in [0.29, 0.717) is 34.2 Å². The van der Waals surface area contributed by atoms with Crippen molar-refractivity contribution < 1.29 is 23.7 Å². The Morgan fingerprint density at radius 1 is 0.818 bits per heavy atom. The van der Waals surface area contributed by atoms with Gasteiger partial charge in [-0.1, -0.05) is 32.9 Å². The molecule has 0 spiro atoms. The molecule has 174 valence electrons. The molecule has 0 heterocycles. The van der Waals surface area contributed by atoms with E-state index in [2.05, 4.69) is 38.2 Å². The van der Waals surface area contributed by atoms with E-state index in [1.54, 1.807) is 24.3 Å². The Labute approximate surface area is 195 Å². The van der Waals surface area contributed by atoms with Crippen molar-refractivity contribution in [3.63, 3.8) is 0 Å². The number of methoxy groups -OCH3 is 3. The second-order valence-corrected chi connectivity index (χ2v) is 8.26. The highest BCUT2D eigenvalue weighted by atomic mass is 16.5. The Kier molecular flexibility index (Phi) is 7.48. The van der Waals surface area contributed by atoms with Crippen molar-refractivity contribution in [3.8, 4) is 28.7 Å². The lowest BCUT2D eigenvalue weighted by Gasteiger charge is -2.23. The summed E-state index contributed by atoms with van der Waals surface area (Å²) < 4.78 is 21.9. The van der Waals surface area contributed by atoms with Crippen LogP contribution < -0.4 is 24.3 Å². The Morgan fingerprint density at radius 2 is 1.33 bits per heavy atom. The number of carbonyl (C=O) groups is 1. The van der Waals surface area contributed by atoms with Crippen molar-refractivity contribution in [2.24, 2.45) is 0 Å². The topological polar surface area (TPSA) is 66.0 Å². The summed E-state index contributed by atoms with van der Waals surface area (Å²) >= 11 is 0. The number of hydrogen-bond donors (Lipinski definition) is 1. The van der Waals surface area contributed by atoms with Crippen LogP contribution in [0.15, 0.2) is 60.7 Å². The maximum atomic E-state index is 12.8. The third-order valence-corrected chi connectivity index (χ3v) is 5.79. The van der Waals surface area contributed by atoms with E-state index in [9.17, 15) is 4.79 Å². The lowest BCUT2D eigenvalue weighted by molar-refractivity contribution is 0.102. The summed E-state index contributed by atoms with van der Waals surface area (Å²) in [6, 6.07) is 18.6. The van der Waals surface area contributed by atoms with Crippen molar-refractivity contribution in [2.45, 2.75) is 32.6 Å². The van der Waals surface area contributed by atoms with Gasteiger partial charge in [-0.2, -0.15) is 0 Å². The average molecular weight is 450 g/mol. The van der Waals surface area contributed by atoms with Crippen LogP contribution in [0.4, 0.5) is 5.69 Å². The molecule has 3 rings (SSSR count). The summed E-state index contributed by atoms with van der Waals surface area (Å²) in [5, 5.41) is 2.87. The molecule has 0 aromatic heterocycles. The van der Waals surface area contributed by atoms with Gasteiger partial charge >= 0.3 is 0 Å². The fourth-order valence-corrected chi connectivity index (χ4v) is 3.34. The van der Waals surface area contributed by atoms with E-state index in [0.717, 1.165) is 12.2 Å². The molecule has 0 saturated heterocycles. The normalized spacial score (nSPS) is 11.0. The molecule has 3 aromatic rings. The van der Waals surface area contributed by atoms with Gasteiger partial charge in [0.05, 0.1) is 21.3 Å². The molecule has 0 fully saturated rings. The molecule has 1 amide bonds. The van der Waals surface area contributed by atoms with Crippen molar-refractivity contribution in [1.29, 1.82) is 0 Å². The van der Waals surface area contributed by atoms with E-state index in [-0.39, 0.29) is 11.3 Å². The molecule has 0 saturated carbocycles. The third-order valence-electron chi connectivity index (χ3n) is 5.79. The highest BCUT2D eigenvalue weighted by Gasteiger charge is 2.18. The highest BCUT2D eigenvalue weighted by Crippen LogP contribution is 2.38. The van der Waals surface area contributed by atoms with Crippen LogP contribution in [0, 0.1) is 0 Å². The Morgan fingerprint density at radius 3 is 1.79 bits per heavy atom. The van der Waals surface area contributed by atoms with Crippen molar-refractivity contribution in [3.05, 3.63) is 71.8 Å². The molecule has 0 bridgehead atoms. The molecular weight excluding hydrogens is 418 g/mol. The van der Waals surface area contributed by atoms with E-state index >= 15 is 0 Å². The second kappa shape index (κ2) is 10.3. The summed E-state index contributed by atoms with van der Waals surface area (Å²) in [6.45, 7) is 6.65. The fourth-order valence-electron chi connectivity index (χ4n) is 3.34. The van der Waals surface area contributed by atoms with Crippen LogP contribution >= 0.6 is 0 Å². The van der Waals surface area contributed by atoms with Gasteiger partial charge in [-0.3, -0.25) is 4.79 Å². The largest absolute Gasteiger partial charge is 0.493 e. The fraction of sp³-hybridized carbons (Fsp3) is 0.296. The zero-order valence-electron chi connectivity index (χ0n) is 20.0. The number of benzene rings is 3. The molecular formula is C27H31NO5. The monoisotopic (exact) mass is 449 g/mol. The first kappa shape index (κ1) is 24.0. The van der Waals surface area contributed by atoms with Gasteiger partial charge in [-0.25, -0.2) is 0 Å². The summed E-state index contributed by atoms with van der Waals surface area (Å²) in [4.78, 5) is 12.8. The smallest absolute Gasteiger partial charge is 0.255 e. The Bertz CT molecular complexity index is 1060. The zero-order chi connectivity index (χ0) is 24.0.